The molecule has 0 bridgehead atoms. The molecule has 0 unspecified atom stereocenters. The Hall–Kier alpha value is -4.06. The zero-order valence-corrected chi connectivity index (χ0v) is 20.7. The Labute approximate surface area is 215 Å². The molecule has 3 aromatic carbocycles. The maximum atomic E-state index is 13.9. The number of aromatic nitrogens is 3. The van der Waals surface area contributed by atoms with Crippen molar-refractivity contribution in [1.82, 2.24) is 15.0 Å². The van der Waals surface area contributed by atoms with Gasteiger partial charge in [0.15, 0.2) is 0 Å². The van der Waals surface area contributed by atoms with Crippen molar-refractivity contribution in [2.75, 3.05) is 5.32 Å². The van der Waals surface area contributed by atoms with Gasteiger partial charge in [-0.3, -0.25) is 9.78 Å². The number of imidazole rings is 1. The summed E-state index contributed by atoms with van der Waals surface area (Å²) in [5.74, 6) is 1.82. The number of rotatable bonds is 5. The summed E-state index contributed by atoms with van der Waals surface area (Å²) in [5, 5.41) is 3.87. The molecule has 5 nitrogen and oxygen atoms in total. The highest BCUT2D eigenvalue weighted by molar-refractivity contribution is 6.05. The van der Waals surface area contributed by atoms with E-state index in [1.165, 1.54) is 11.6 Å². The number of fused-ring (bicyclic) bond motifs is 2. The minimum atomic E-state index is -0.213. The summed E-state index contributed by atoms with van der Waals surface area (Å²) >= 11 is 0. The first-order chi connectivity index (χ1) is 18.0. The average Bonchev–Trinajstić information content (AvgIpc) is 3.36. The van der Waals surface area contributed by atoms with Crippen LogP contribution in [-0.2, 0) is 0 Å². The Morgan fingerprint density at radius 3 is 2.57 bits per heavy atom. The summed E-state index contributed by atoms with van der Waals surface area (Å²) in [6.45, 7) is 2.24. The lowest BCUT2D eigenvalue weighted by atomic mass is 9.73. The van der Waals surface area contributed by atoms with Gasteiger partial charge in [-0.25, -0.2) is 9.37 Å². The number of carbonyl (C=O) groups is 1. The number of carbonyl (C=O) groups excluding carboxylic acids is 1. The summed E-state index contributed by atoms with van der Waals surface area (Å²) in [7, 11) is 0. The molecule has 2 N–H and O–H groups in total. The topological polar surface area (TPSA) is 70.7 Å². The molecule has 37 heavy (non-hydrogen) atoms. The highest BCUT2D eigenvalue weighted by atomic mass is 19.1. The normalized spacial score (nSPS) is 18.6. The quantitative estimate of drug-likeness (QED) is 0.266. The van der Waals surface area contributed by atoms with Crippen molar-refractivity contribution in [3.05, 3.63) is 102 Å². The van der Waals surface area contributed by atoms with E-state index in [4.69, 9.17) is 4.98 Å². The summed E-state index contributed by atoms with van der Waals surface area (Å²) in [5.41, 5.74) is 5.18. The number of H-pyrrole nitrogens is 1. The molecule has 0 spiro atoms. The van der Waals surface area contributed by atoms with Crippen molar-refractivity contribution >= 4 is 33.5 Å². The van der Waals surface area contributed by atoms with Gasteiger partial charge >= 0.3 is 0 Å². The molecule has 0 saturated heterocycles. The molecule has 0 aliphatic heterocycles. The van der Waals surface area contributed by atoms with Crippen LogP contribution in [0.25, 0.3) is 21.9 Å². The Morgan fingerprint density at radius 1 is 0.973 bits per heavy atom. The highest BCUT2D eigenvalue weighted by Gasteiger charge is 2.29. The van der Waals surface area contributed by atoms with Crippen LogP contribution in [0.3, 0.4) is 0 Å². The van der Waals surface area contributed by atoms with E-state index in [1.807, 2.05) is 54.7 Å². The van der Waals surface area contributed by atoms with E-state index in [0.29, 0.717) is 17.4 Å². The maximum absolute atomic E-state index is 13.9. The van der Waals surface area contributed by atoms with Gasteiger partial charge in [0.2, 0.25) is 0 Å². The molecule has 1 fully saturated rings. The van der Waals surface area contributed by atoms with E-state index in [9.17, 15) is 9.18 Å². The van der Waals surface area contributed by atoms with Gasteiger partial charge in [-0.15, -0.1) is 0 Å². The number of hydrogen-bond acceptors (Lipinski definition) is 3. The lowest BCUT2D eigenvalue weighted by Gasteiger charge is -2.32. The van der Waals surface area contributed by atoms with Gasteiger partial charge in [-0.1, -0.05) is 25.1 Å². The third kappa shape index (κ3) is 4.71. The van der Waals surface area contributed by atoms with E-state index in [2.05, 4.69) is 28.3 Å². The van der Waals surface area contributed by atoms with Crippen molar-refractivity contribution in [2.24, 2.45) is 5.92 Å². The smallest absolute Gasteiger partial charge is 0.255 e. The predicted octanol–water partition coefficient (Wildman–Crippen LogP) is 7.58. The van der Waals surface area contributed by atoms with Crippen LogP contribution < -0.4 is 5.32 Å². The summed E-state index contributed by atoms with van der Waals surface area (Å²) in [4.78, 5) is 25.5. The Kier molecular flexibility index (Phi) is 6.16. The van der Waals surface area contributed by atoms with Crippen molar-refractivity contribution < 1.29 is 9.18 Å². The van der Waals surface area contributed by atoms with Crippen molar-refractivity contribution in [1.29, 1.82) is 0 Å². The molecule has 1 aliphatic rings. The highest BCUT2D eigenvalue weighted by Crippen LogP contribution is 2.43. The maximum Gasteiger partial charge on any atom is 0.255 e. The molecular formula is C31H29FN4O. The SMILES string of the molecule is C[C@@H](c1nc2ccc(C(=O)Nc3ccccc3)cc2[nH]1)C1CCC(c2ccnc3ccc(F)cc23)CC1. The number of anilines is 1. The van der Waals surface area contributed by atoms with Crippen molar-refractivity contribution in [2.45, 2.75) is 44.4 Å². The summed E-state index contributed by atoms with van der Waals surface area (Å²) in [6, 6.07) is 22.0. The minimum Gasteiger partial charge on any atom is -0.342 e. The number of nitrogens with one attached hydrogen (secondary N) is 2. The Balaban J connectivity index is 1.15. The summed E-state index contributed by atoms with van der Waals surface area (Å²) < 4.78 is 13.9. The van der Waals surface area contributed by atoms with E-state index >= 15 is 0 Å². The van der Waals surface area contributed by atoms with Gasteiger partial charge in [0.05, 0.1) is 16.6 Å². The van der Waals surface area contributed by atoms with Crippen molar-refractivity contribution in [3.63, 3.8) is 0 Å². The fraction of sp³-hybridized carbons (Fsp3) is 0.258. The number of hydrogen-bond donors (Lipinski definition) is 2. The molecule has 6 rings (SSSR count). The second-order valence-corrected chi connectivity index (χ2v) is 10.1. The van der Waals surface area contributed by atoms with Crippen LogP contribution in [0.4, 0.5) is 10.1 Å². The fourth-order valence-electron chi connectivity index (χ4n) is 5.76. The lowest BCUT2D eigenvalue weighted by Crippen LogP contribution is -2.19. The van der Waals surface area contributed by atoms with Crippen LogP contribution in [0.5, 0.6) is 0 Å². The van der Waals surface area contributed by atoms with E-state index in [1.54, 1.807) is 12.1 Å². The third-order valence-corrected chi connectivity index (χ3v) is 7.88. The number of para-hydroxylation sites is 1. The number of nitrogens with zero attached hydrogens (tertiary/aromatic N) is 2. The number of benzene rings is 3. The molecule has 0 radical (unpaired) electrons. The van der Waals surface area contributed by atoms with E-state index < -0.39 is 0 Å². The molecule has 1 atom stereocenters. The molecule has 6 heteroatoms. The molecule has 2 aromatic heterocycles. The number of halogens is 1. The number of amides is 1. The van der Waals surface area contributed by atoms with E-state index in [-0.39, 0.29) is 17.6 Å². The lowest BCUT2D eigenvalue weighted by molar-refractivity contribution is 0.102. The largest absolute Gasteiger partial charge is 0.342 e. The average molecular weight is 493 g/mol. The molecule has 1 saturated carbocycles. The number of pyridine rings is 1. The van der Waals surface area contributed by atoms with Gasteiger partial charge in [-0.05, 0) is 97.7 Å². The van der Waals surface area contributed by atoms with Crippen molar-refractivity contribution in [3.8, 4) is 0 Å². The standard InChI is InChI=1S/C31H29FN4O/c1-19(20-7-9-21(10-8-20)25-15-16-33-27-14-12-23(32)18-26(25)27)30-35-28-13-11-22(17-29(28)36-30)31(37)34-24-5-3-2-4-6-24/h2-6,11-21H,7-10H2,1H3,(H,34,37)(H,35,36)/t19-,20?,21?/m1/s1. The Bertz CT molecular complexity index is 1570. The van der Waals surface area contributed by atoms with Crippen LogP contribution in [0.1, 0.15) is 66.2 Å². The van der Waals surface area contributed by atoms with E-state index in [0.717, 1.165) is 59.1 Å². The van der Waals surface area contributed by atoms with Crippen LogP contribution in [0.15, 0.2) is 79.0 Å². The van der Waals surface area contributed by atoms with Crippen LogP contribution in [0.2, 0.25) is 0 Å². The van der Waals surface area contributed by atoms with Gasteiger partial charge in [-0.2, -0.15) is 0 Å². The van der Waals surface area contributed by atoms with Crippen LogP contribution in [-0.4, -0.2) is 20.9 Å². The first-order valence-corrected chi connectivity index (χ1v) is 13.0. The fourth-order valence-corrected chi connectivity index (χ4v) is 5.76. The number of aromatic amines is 1. The van der Waals surface area contributed by atoms with Crippen LogP contribution in [0, 0.1) is 11.7 Å². The zero-order chi connectivity index (χ0) is 25.4. The van der Waals surface area contributed by atoms with Gasteiger partial charge in [0.1, 0.15) is 11.6 Å². The molecule has 5 aromatic rings. The molecule has 1 amide bonds. The first-order valence-electron chi connectivity index (χ1n) is 13.0. The summed E-state index contributed by atoms with van der Waals surface area (Å²) in [6.07, 6.45) is 6.15. The minimum absolute atomic E-state index is 0.140. The van der Waals surface area contributed by atoms with Crippen LogP contribution >= 0.6 is 0 Å². The van der Waals surface area contributed by atoms with Gasteiger partial charge in [0, 0.05) is 28.8 Å². The zero-order valence-electron chi connectivity index (χ0n) is 20.7. The second-order valence-electron chi connectivity index (χ2n) is 10.1. The first kappa shape index (κ1) is 23.3. The van der Waals surface area contributed by atoms with Gasteiger partial charge < -0.3 is 10.3 Å². The molecular weight excluding hydrogens is 463 g/mol. The predicted molar refractivity (Wildman–Crippen MR) is 145 cm³/mol. The third-order valence-electron chi connectivity index (χ3n) is 7.88. The Morgan fingerprint density at radius 2 is 1.76 bits per heavy atom. The van der Waals surface area contributed by atoms with Gasteiger partial charge in [0.25, 0.3) is 5.91 Å². The second kappa shape index (κ2) is 9.77. The molecule has 1 aliphatic carbocycles. The molecule has 186 valence electrons. The molecule has 2 heterocycles. The monoisotopic (exact) mass is 492 g/mol.